The van der Waals surface area contributed by atoms with Crippen LogP contribution in [0, 0.1) is 12.8 Å². The Hall–Kier alpha value is -1.81. The Morgan fingerprint density at radius 3 is 2.76 bits per heavy atom. The first-order valence-electron chi connectivity index (χ1n) is 7.09. The summed E-state index contributed by atoms with van der Waals surface area (Å²) in [5, 5.41) is 10.9. The number of hydrogen-bond donors (Lipinski definition) is 1. The van der Waals surface area contributed by atoms with Crippen LogP contribution in [0.2, 0.25) is 5.02 Å². The number of nitrogens with zero attached hydrogens (tertiary/aromatic N) is 2. The van der Waals surface area contributed by atoms with Crippen molar-refractivity contribution in [3.05, 3.63) is 35.0 Å². The van der Waals surface area contributed by atoms with Gasteiger partial charge in [-0.05, 0) is 43.5 Å². The second kappa shape index (κ2) is 5.53. The summed E-state index contributed by atoms with van der Waals surface area (Å²) in [6, 6.07) is 5.94. The summed E-state index contributed by atoms with van der Waals surface area (Å²) in [6.45, 7) is 3.50. The molecular formula is C16H17ClN2O2. The topological polar surface area (TPSA) is 53.4 Å². The lowest BCUT2D eigenvalue weighted by Crippen LogP contribution is -2.36. The van der Waals surface area contributed by atoms with Gasteiger partial charge in [0, 0.05) is 35.4 Å². The Morgan fingerprint density at radius 2 is 2.10 bits per heavy atom. The molecule has 2 aromatic rings. The highest BCUT2D eigenvalue weighted by molar-refractivity contribution is 6.32. The smallest absolute Gasteiger partial charge is 0.306 e. The van der Waals surface area contributed by atoms with E-state index in [0.717, 1.165) is 40.3 Å². The van der Waals surface area contributed by atoms with Crippen LogP contribution in [-0.2, 0) is 4.79 Å². The van der Waals surface area contributed by atoms with E-state index in [1.54, 1.807) is 6.20 Å². The molecule has 3 rings (SSSR count). The first kappa shape index (κ1) is 14.1. The Kier molecular flexibility index (Phi) is 3.72. The molecule has 0 amide bonds. The van der Waals surface area contributed by atoms with Gasteiger partial charge in [-0.3, -0.25) is 9.78 Å². The Morgan fingerprint density at radius 1 is 1.38 bits per heavy atom. The molecule has 1 aromatic carbocycles. The Labute approximate surface area is 128 Å². The number of piperidine rings is 1. The molecule has 1 saturated heterocycles. The largest absolute Gasteiger partial charge is 0.481 e. The summed E-state index contributed by atoms with van der Waals surface area (Å²) < 4.78 is 0. The van der Waals surface area contributed by atoms with Crippen molar-refractivity contribution in [2.24, 2.45) is 5.92 Å². The predicted octanol–water partition coefficient (Wildman–Crippen LogP) is 3.50. The van der Waals surface area contributed by atoms with Gasteiger partial charge in [0.15, 0.2) is 0 Å². The minimum Gasteiger partial charge on any atom is -0.481 e. The van der Waals surface area contributed by atoms with Gasteiger partial charge in [0.05, 0.1) is 11.4 Å². The minimum atomic E-state index is -0.683. The van der Waals surface area contributed by atoms with Crippen molar-refractivity contribution in [1.29, 1.82) is 0 Å². The molecule has 2 heterocycles. The summed E-state index contributed by atoms with van der Waals surface area (Å²) in [5.41, 5.74) is 3.02. The van der Waals surface area contributed by atoms with Crippen LogP contribution in [0.4, 0.5) is 5.69 Å². The van der Waals surface area contributed by atoms with Crippen LogP contribution in [0.5, 0.6) is 0 Å². The van der Waals surface area contributed by atoms with Gasteiger partial charge in [-0.25, -0.2) is 0 Å². The summed E-state index contributed by atoms with van der Waals surface area (Å²) in [4.78, 5) is 17.7. The van der Waals surface area contributed by atoms with Gasteiger partial charge in [0.1, 0.15) is 0 Å². The van der Waals surface area contributed by atoms with E-state index >= 15 is 0 Å². The lowest BCUT2D eigenvalue weighted by molar-refractivity contribution is -0.142. The molecule has 5 heteroatoms. The maximum Gasteiger partial charge on any atom is 0.306 e. The van der Waals surface area contributed by atoms with Gasteiger partial charge in [-0.2, -0.15) is 0 Å². The second-order valence-electron chi connectivity index (χ2n) is 5.55. The molecule has 110 valence electrons. The van der Waals surface area contributed by atoms with Crippen LogP contribution in [-0.4, -0.2) is 29.1 Å². The van der Waals surface area contributed by atoms with Crippen molar-refractivity contribution in [3.63, 3.8) is 0 Å². The van der Waals surface area contributed by atoms with Gasteiger partial charge >= 0.3 is 5.97 Å². The number of carboxylic acid groups (broad SMARTS) is 1. The molecule has 0 radical (unpaired) electrons. The molecule has 1 N–H and O–H groups in total. The lowest BCUT2D eigenvalue weighted by atomic mass is 9.96. The van der Waals surface area contributed by atoms with E-state index in [0.29, 0.717) is 12.8 Å². The Balaban J connectivity index is 1.94. The third-order valence-electron chi connectivity index (χ3n) is 4.18. The van der Waals surface area contributed by atoms with Crippen molar-refractivity contribution in [1.82, 2.24) is 4.98 Å². The maximum absolute atomic E-state index is 11.0. The standard InChI is InChI=1S/C16H17ClN2O2/c1-10-8-12-14(9-13(10)17)18-5-2-15(12)19-6-3-11(4-7-19)16(20)21/h2,5,8-9,11H,3-4,6-7H2,1H3,(H,20,21). The Bertz CT molecular complexity index is 694. The predicted molar refractivity (Wildman–Crippen MR) is 84.1 cm³/mol. The van der Waals surface area contributed by atoms with E-state index in [4.69, 9.17) is 16.7 Å². The number of aromatic nitrogens is 1. The van der Waals surface area contributed by atoms with Gasteiger partial charge in [0.25, 0.3) is 0 Å². The van der Waals surface area contributed by atoms with E-state index in [2.05, 4.69) is 16.0 Å². The molecule has 0 spiro atoms. The van der Waals surface area contributed by atoms with Crippen molar-refractivity contribution in [3.8, 4) is 0 Å². The molecule has 0 aliphatic carbocycles. The highest BCUT2D eigenvalue weighted by Gasteiger charge is 2.25. The summed E-state index contributed by atoms with van der Waals surface area (Å²) in [5.74, 6) is -0.901. The number of hydrogen-bond acceptors (Lipinski definition) is 3. The molecule has 0 unspecified atom stereocenters. The SMILES string of the molecule is Cc1cc2c(N3CCC(C(=O)O)CC3)ccnc2cc1Cl. The first-order valence-corrected chi connectivity index (χ1v) is 7.46. The van der Waals surface area contributed by atoms with Crippen LogP contribution in [0.3, 0.4) is 0 Å². The molecule has 1 fully saturated rings. The number of carboxylic acids is 1. The molecular weight excluding hydrogens is 288 g/mol. The van der Waals surface area contributed by atoms with Crippen molar-refractivity contribution in [2.75, 3.05) is 18.0 Å². The van der Waals surface area contributed by atoms with Crippen LogP contribution in [0.15, 0.2) is 24.4 Å². The average Bonchev–Trinajstić information content (AvgIpc) is 2.48. The van der Waals surface area contributed by atoms with Gasteiger partial charge in [-0.15, -0.1) is 0 Å². The third kappa shape index (κ3) is 2.68. The molecule has 4 nitrogen and oxygen atoms in total. The summed E-state index contributed by atoms with van der Waals surface area (Å²) in [6.07, 6.45) is 3.16. The van der Waals surface area contributed by atoms with Crippen molar-refractivity contribution >= 4 is 34.2 Å². The zero-order chi connectivity index (χ0) is 15.0. The molecule has 0 bridgehead atoms. The number of rotatable bonds is 2. The zero-order valence-electron chi connectivity index (χ0n) is 11.8. The fraction of sp³-hybridized carbons (Fsp3) is 0.375. The van der Waals surface area contributed by atoms with Crippen LogP contribution >= 0.6 is 11.6 Å². The second-order valence-corrected chi connectivity index (χ2v) is 5.96. The number of aliphatic carboxylic acids is 1. The van der Waals surface area contributed by atoms with E-state index in [1.165, 1.54) is 0 Å². The highest BCUT2D eigenvalue weighted by Crippen LogP contribution is 2.32. The van der Waals surface area contributed by atoms with E-state index in [9.17, 15) is 4.79 Å². The monoisotopic (exact) mass is 304 g/mol. The number of fused-ring (bicyclic) bond motifs is 1. The van der Waals surface area contributed by atoms with E-state index < -0.39 is 5.97 Å². The molecule has 0 saturated carbocycles. The zero-order valence-corrected chi connectivity index (χ0v) is 12.6. The van der Waals surface area contributed by atoms with Gasteiger partial charge in [0.2, 0.25) is 0 Å². The van der Waals surface area contributed by atoms with E-state index in [-0.39, 0.29) is 5.92 Å². The number of pyridine rings is 1. The number of benzene rings is 1. The normalized spacial score (nSPS) is 16.4. The fourth-order valence-corrected chi connectivity index (χ4v) is 3.06. The number of aryl methyl sites for hydroxylation is 1. The van der Waals surface area contributed by atoms with Crippen molar-refractivity contribution in [2.45, 2.75) is 19.8 Å². The molecule has 1 aliphatic rings. The van der Waals surface area contributed by atoms with Gasteiger partial charge in [-0.1, -0.05) is 11.6 Å². The van der Waals surface area contributed by atoms with Crippen LogP contribution < -0.4 is 4.90 Å². The average molecular weight is 305 g/mol. The third-order valence-corrected chi connectivity index (χ3v) is 4.59. The lowest BCUT2D eigenvalue weighted by Gasteiger charge is -2.32. The van der Waals surface area contributed by atoms with Crippen LogP contribution in [0.25, 0.3) is 10.9 Å². The number of carbonyl (C=O) groups is 1. The molecule has 1 aliphatic heterocycles. The first-order chi connectivity index (χ1) is 10.1. The molecule has 1 aromatic heterocycles. The summed E-state index contributed by atoms with van der Waals surface area (Å²) >= 11 is 6.16. The molecule has 21 heavy (non-hydrogen) atoms. The quantitative estimate of drug-likeness (QED) is 0.922. The highest BCUT2D eigenvalue weighted by atomic mass is 35.5. The fourth-order valence-electron chi connectivity index (χ4n) is 2.90. The summed E-state index contributed by atoms with van der Waals surface area (Å²) in [7, 11) is 0. The number of halogens is 1. The van der Waals surface area contributed by atoms with Crippen LogP contribution in [0.1, 0.15) is 18.4 Å². The van der Waals surface area contributed by atoms with E-state index in [1.807, 2.05) is 19.1 Å². The maximum atomic E-state index is 11.0. The number of anilines is 1. The van der Waals surface area contributed by atoms with Gasteiger partial charge < -0.3 is 10.0 Å². The van der Waals surface area contributed by atoms with Crippen molar-refractivity contribution < 1.29 is 9.90 Å². The molecule has 0 atom stereocenters. The minimum absolute atomic E-state index is 0.217.